The molecule has 0 amide bonds. The first-order chi connectivity index (χ1) is 2.91. The van der Waals surface area contributed by atoms with Crippen molar-refractivity contribution in [2.75, 3.05) is 19.7 Å². The van der Waals surface area contributed by atoms with Gasteiger partial charge in [0.25, 0.3) is 0 Å². The lowest BCUT2D eigenvalue weighted by Crippen LogP contribution is -2.16. The molecule has 0 aliphatic rings. The minimum absolute atomic E-state index is 0. The summed E-state index contributed by atoms with van der Waals surface area (Å²) in [5.74, 6) is 0. The Hall–Kier alpha value is 0.270. The molecule has 3 heteroatoms. The number of hydrogen-bond donors (Lipinski definition) is 2. The second-order valence-corrected chi connectivity index (χ2v) is 1.08. The molecule has 2 N–H and O–H groups in total. The molecule has 2 nitrogen and oxygen atoms in total. The van der Waals surface area contributed by atoms with E-state index < -0.39 is 0 Å². The molecule has 0 aliphatic carbocycles. The second kappa shape index (κ2) is 9.55. The summed E-state index contributed by atoms with van der Waals surface area (Å²) in [7, 11) is 0. The third-order valence-corrected chi connectivity index (χ3v) is 0.539. The molecule has 0 aromatic heterocycles. The summed E-state index contributed by atoms with van der Waals surface area (Å²) in [5, 5.41) is 11.1. The number of aliphatic hydroxyl groups excluding tert-OH is 1. The Morgan fingerprint density at radius 2 is 2.14 bits per heavy atom. The van der Waals surface area contributed by atoms with Gasteiger partial charge in [0, 0.05) is 6.54 Å². The van der Waals surface area contributed by atoms with Gasteiger partial charge in [-0.05, 0) is 6.54 Å². The van der Waals surface area contributed by atoms with E-state index in [-0.39, 0.29) is 20.1 Å². The third kappa shape index (κ3) is 10.7. The monoisotopic (exact) mass is 123 g/mol. The van der Waals surface area contributed by atoms with E-state index in [1.54, 1.807) is 0 Å². The van der Waals surface area contributed by atoms with Crippen LogP contribution < -0.4 is 5.32 Å². The van der Waals surface area contributed by atoms with Crippen LogP contribution in [0.25, 0.3) is 0 Å². The predicted octanol–water partition coefficient (Wildman–Crippen LogP) is -0.299. The topological polar surface area (TPSA) is 32.3 Å². The smallest absolute Gasteiger partial charge is 0.0555 e. The number of nitrogens with one attached hydrogen (secondary N) is 1. The Morgan fingerprint density at radius 1 is 1.57 bits per heavy atom. The zero-order valence-corrected chi connectivity index (χ0v) is 5.57. The normalized spacial score (nSPS) is 7.71. The molecule has 0 aromatic rings. The second-order valence-electron chi connectivity index (χ2n) is 1.08. The van der Waals surface area contributed by atoms with Gasteiger partial charge in [-0.2, -0.15) is 13.5 Å². The largest absolute Gasteiger partial charge is 0.395 e. The van der Waals surface area contributed by atoms with Gasteiger partial charge in [-0.1, -0.05) is 6.92 Å². The summed E-state index contributed by atoms with van der Waals surface area (Å²) in [6, 6.07) is 0. The lowest BCUT2D eigenvalue weighted by atomic mass is 10.6. The summed E-state index contributed by atoms with van der Waals surface area (Å²) < 4.78 is 0. The van der Waals surface area contributed by atoms with Crippen molar-refractivity contribution >= 4 is 13.5 Å². The van der Waals surface area contributed by atoms with Gasteiger partial charge < -0.3 is 10.4 Å². The molecular formula is C4H13NOS. The summed E-state index contributed by atoms with van der Waals surface area (Å²) in [5.41, 5.74) is 0. The van der Waals surface area contributed by atoms with E-state index in [1.165, 1.54) is 0 Å². The molecule has 0 heterocycles. The molecule has 7 heavy (non-hydrogen) atoms. The van der Waals surface area contributed by atoms with Crippen molar-refractivity contribution in [3.8, 4) is 0 Å². The first kappa shape index (κ1) is 10.3. The van der Waals surface area contributed by atoms with Crippen molar-refractivity contribution in [3.63, 3.8) is 0 Å². The standard InChI is InChI=1S/C4H11NO.H2S/c1-2-5-3-4-6;/h5-6H,2-4H2,1H3;1H2. The van der Waals surface area contributed by atoms with Gasteiger partial charge in [0.05, 0.1) is 6.61 Å². The Kier molecular flexibility index (Phi) is 14.0. The maximum absolute atomic E-state index is 8.13. The lowest BCUT2D eigenvalue weighted by Gasteiger charge is -1.91. The van der Waals surface area contributed by atoms with E-state index in [0.29, 0.717) is 0 Å². The van der Waals surface area contributed by atoms with Crippen molar-refractivity contribution in [2.24, 2.45) is 0 Å². The van der Waals surface area contributed by atoms with Gasteiger partial charge in [-0.3, -0.25) is 0 Å². The molecule has 0 saturated carbocycles. The number of likely N-dealkylation sites (N-methyl/N-ethyl adjacent to an activating group) is 1. The van der Waals surface area contributed by atoms with E-state index in [2.05, 4.69) is 5.32 Å². The van der Waals surface area contributed by atoms with E-state index >= 15 is 0 Å². The lowest BCUT2D eigenvalue weighted by molar-refractivity contribution is 0.293. The minimum atomic E-state index is 0. The van der Waals surface area contributed by atoms with Crippen molar-refractivity contribution in [2.45, 2.75) is 6.92 Å². The first-order valence-electron chi connectivity index (χ1n) is 2.23. The maximum atomic E-state index is 8.13. The SMILES string of the molecule is CCNCCO.S. The Balaban J connectivity index is 0. The minimum Gasteiger partial charge on any atom is -0.395 e. The van der Waals surface area contributed by atoms with Gasteiger partial charge in [0.2, 0.25) is 0 Å². The van der Waals surface area contributed by atoms with E-state index in [1.807, 2.05) is 6.92 Å². The Bertz CT molecular complexity index is 23.7. The fourth-order valence-corrected chi connectivity index (χ4v) is 0.256. The molecule has 0 saturated heterocycles. The fourth-order valence-electron chi connectivity index (χ4n) is 0.256. The van der Waals surface area contributed by atoms with Gasteiger partial charge in [0.15, 0.2) is 0 Å². The predicted molar refractivity (Wildman–Crippen MR) is 36.0 cm³/mol. The van der Waals surface area contributed by atoms with Crippen LogP contribution in [0.15, 0.2) is 0 Å². The molecule has 0 spiro atoms. The quantitative estimate of drug-likeness (QED) is 0.505. The van der Waals surface area contributed by atoms with Crippen LogP contribution >= 0.6 is 13.5 Å². The van der Waals surface area contributed by atoms with Crippen LogP contribution in [0.3, 0.4) is 0 Å². The van der Waals surface area contributed by atoms with Crippen LogP contribution in [0.2, 0.25) is 0 Å². The average molecular weight is 123 g/mol. The van der Waals surface area contributed by atoms with Crippen molar-refractivity contribution in [1.82, 2.24) is 5.32 Å². The molecule has 0 unspecified atom stereocenters. The molecule has 0 fully saturated rings. The Morgan fingerprint density at radius 3 is 2.29 bits per heavy atom. The van der Waals surface area contributed by atoms with Crippen molar-refractivity contribution < 1.29 is 5.11 Å². The van der Waals surface area contributed by atoms with Crippen LogP contribution in [0.4, 0.5) is 0 Å². The molecule has 0 bridgehead atoms. The summed E-state index contributed by atoms with van der Waals surface area (Å²) >= 11 is 0. The van der Waals surface area contributed by atoms with E-state index in [4.69, 9.17) is 5.11 Å². The maximum Gasteiger partial charge on any atom is 0.0555 e. The highest BCUT2D eigenvalue weighted by molar-refractivity contribution is 7.59. The zero-order chi connectivity index (χ0) is 4.83. The summed E-state index contributed by atoms with van der Waals surface area (Å²) in [6.45, 7) is 3.92. The van der Waals surface area contributed by atoms with Crippen molar-refractivity contribution in [3.05, 3.63) is 0 Å². The van der Waals surface area contributed by atoms with Crippen LogP contribution in [-0.4, -0.2) is 24.8 Å². The van der Waals surface area contributed by atoms with Gasteiger partial charge in [-0.25, -0.2) is 0 Å². The zero-order valence-electron chi connectivity index (χ0n) is 4.57. The van der Waals surface area contributed by atoms with Gasteiger partial charge in [0.1, 0.15) is 0 Å². The summed E-state index contributed by atoms with van der Waals surface area (Å²) in [4.78, 5) is 0. The van der Waals surface area contributed by atoms with E-state index in [9.17, 15) is 0 Å². The average Bonchev–Trinajstić information content (AvgIpc) is 1.61. The molecule has 46 valence electrons. The van der Waals surface area contributed by atoms with Crippen molar-refractivity contribution in [1.29, 1.82) is 0 Å². The van der Waals surface area contributed by atoms with Gasteiger partial charge >= 0.3 is 0 Å². The van der Waals surface area contributed by atoms with E-state index in [0.717, 1.165) is 13.1 Å². The van der Waals surface area contributed by atoms with Gasteiger partial charge in [-0.15, -0.1) is 0 Å². The Labute approximate surface area is 51.4 Å². The van der Waals surface area contributed by atoms with Crippen LogP contribution in [0, 0.1) is 0 Å². The molecular weight excluding hydrogens is 110 g/mol. The summed E-state index contributed by atoms with van der Waals surface area (Å²) in [6.07, 6.45) is 0. The molecule has 0 aromatic carbocycles. The first-order valence-corrected chi connectivity index (χ1v) is 2.23. The number of rotatable bonds is 3. The molecule has 0 aliphatic heterocycles. The van der Waals surface area contributed by atoms with Crippen LogP contribution in [0.1, 0.15) is 6.92 Å². The molecule has 0 radical (unpaired) electrons. The molecule has 0 atom stereocenters. The highest BCUT2D eigenvalue weighted by atomic mass is 32.1. The highest BCUT2D eigenvalue weighted by Crippen LogP contribution is 1.51. The molecule has 0 rings (SSSR count). The number of aliphatic hydroxyl groups is 1. The fraction of sp³-hybridized carbons (Fsp3) is 1.00. The highest BCUT2D eigenvalue weighted by Gasteiger charge is 1.72. The van der Waals surface area contributed by atoms with Crippen LogP contribution in [0.5, 0.6) is 0 Å². The third-order valence-electron chi connectivity index (χ3n) is 0.539. The van der Waals surface area contributed by atoms with Crippen LogP contribution in [-0.2, 0) is 0 Å². The number of hydrogen-bond acceptors (Lipinski definition) is 2.